The third kappa shape index (κ3) is 5.46. The van der Waals surface area contributed by atoms with Crippen molar-refractivity contribution in [3.05, 3.63) is 101 Å². The van der Waals surface area contributed by atoms with Gasteiger partial charge in [0.25, 0.3) is 0 Å². The van der Waals surface area contributed by atoms with Gasteiger partial charge in [-0.25, -0.2) is 0 Å². The number of hydrogen-bond donors (Lipinski definition) is 0. The second kappa shape index (κ2) is 11.2. The van der Waals surface area contributed by atoms with Crippen LogP contribution in [0.4, 0.5) is 18.9 Å². The van der Waals surface area contributed by atoms with Crippen molar-refractivity contribution in [2.24, 2.45) is 18.9 Å². The molecule has 4 aliphatic rings. The van der Waals surface area contributed by atoms with Crippen molar-refractivity contribution >= 4 is 5.69 Å². The number of hydrogen-bond acceptors (Lipinski definition) is 5. The van der Waals surface area contributed by atoms with E-state index in [1.54, 1.807) is 22.3 Å². The second-order valence-corrected chi connectivity index (χ2v) is 12.2. The van der Waals surface area contributed by atoms with Gasteiger partial charge in [-0.2, -0.15) is 13.2 Å². The number of nitrogens with zero attached hydrogens (tertiary/aromatic N) is 6. The molecule has 0 amide bonds. The van der Waals surface area contributed by atoms with Gasteiger partial charge in [-0.3, -0.25) is 4.90 Å². The van der Waals surface area contributed by atoms with Crippen LogP contribution in [0.3, 0.4) is 0 Å². The van der Waals surface area contributed by atoms with Gasteiger partial charge in [0.15, 0.2) is 0 Å². The number of alkyl halides is 3. The molecule has 0 N–H and O–H groups in total. The first-order valence-electron chi connectivity index (χ1n) is 14.9. The van der Waals surface area contributed by atoms with Crippen LogP contribution in [0.25, 0.3) is 0 Å². The summed E-state index contributed by atoms with van der Waals surface area (Å²) in [5, 5.41) is 8.64. The molecule has 1 atom stereocenters. The largest absolute Gasteiger partial charge is 0.418 e. The fraction of sp³-hybridized carbons (Fsp3) is 0.455. The maximum atomic E-state index is 14.4. The lowest BCUT2D eigenvalue weighted by atomic mass is 9.65. The van der Waals surface area contributed by atoms with E-state index in [-0.39, 0.29) is 11.6 Å². The zero-order chi connectivity index (χ0) is 29.6. The van der Waals surface area contributed by atoms with E-state index < -0.39 is 11.7 Å². The number of aryl methyl sites for hydroxylation is 1. The molecule has 1 aromatic carbocycles. The third-order valence-electron chi connectivity index (χ3n) is 9.06. The van der Waals surface area contributed by atoms with E-state index in [9.17, 15) is 13.2 Å². The zero-order valence-corrected chi connectivity index (χ0v) is 24.6. The number of rotatable bonds is 8. The molecule has 3 aliphatic heterocycles. The van der Waals surface area contributed by atoms with Crippen LogP contribution >= 0.6 is 0 Å². The predicted molar refractivity (Wildman–Crippen MR) is 159 cm³/mol. The van der Waals surface area contributed by atoms with Crippen LogP contribution in [-0.4, -0.2) is 50.4 Å². The minimum atomic E-state index is -4.49. The van der Waals surface area contributed by atoms with Gasteiger partial charge in [0.2, 0.25) is 0 Å². The Morgan fingerprint density at radius 3 is 2.64 bits per heavy atom. The van der Waals surface area contributed by atoms with Gasteiger partial charge in [-0.15, -0.1) is 10.2 Å². The summed E-state index contributed by atoms with van der Waals surface area (Å²) >= 11 is 0. The number of fused-ring (bicyclic) bond motifs is 1. The number of aromatic nitrogens is 3. The summed E-state index contributed by atoms with van der Waals surface area (Å²) in [6.45, 7) is 10.6. The average molecular weight is 577 g/mol. The summed E-state index contributed by atoms with van der Waals surface area (Å²) in [5.41, 5.74) is 3.21. The minimum Gasteiger partial charge on any atom is -0.320 e. The smallest absolute Gasteiger partial charge is 0.320 e. The van der Waals surface area contributed by atoms with Crippen molar-refractivity contribution in [1.29, 1.82) is 0 Å². The Morgan fingerprint density at radius 2 is 1.95 bits per heavy atom. The summed E-state index contributed by atoms with van der Waals surface area (Å²) in [5.74, 6) is 2.64. The second-order valence-electron chi connectivity index (χ2n) is 12.2. The van der Waals surface area contributed by atoms with Crippen LogP contribution < -0.4 is 4.90 Å². The van der Waals surface area contributed by atoms with Crippen LogP contribution in [0, 0.1) is 11.8 Å². The number of halogens is 3. The summed E-state index contributed by atoms with van der Waals surface area (Å²) < 4.78 is 45.1. The molecule has 42 heavy (non-hydrogen) atoms. The molecule has 6 nitrogen and oxygen atoms in total. The summed E-state index contributed by atoms with van der Waals surface area (Å²) in [6, 6.07) is 8.09. The highest BCUT2D eigenvalue weighted by Gasteiger charge is 2.44. The summed E-state index contributed by atoms with van der Waals surface area (Å²) in [7, 11) is 1.97. The van der Waals surface area contributed by atoms with Crippen molar-refractivity contribution in [2.45, 2.75) is 58.0 Å². The van der Waals surface area contributed by atoms with Crippen LogP contribution in [0.1, 0.15) is 63.3 Å². The van der Waals surface area contributed by atoms with E-state index in [0.29, 0.717) is 23.9 Å². The molecule has 0 radical (unpaired) electrons. The molecular weight excluding hydrogens is 537 g/mol. The SMILES string of the molecule is C=C1N2C=C(CN3CCC=C(C)C3)C=C(C(F)(F)F)C2=CN1c1cccc(C(c2nncn2C)C2CC(CCC)C2)c1. The lowest BCUT2D eigenvalue weighted by Gasteiger charge is -2.40. The van der Waals surface area contributed by atoms with Gasteiger partial charge in [-0.05, 0) is 67.4 Å². The Balaban J connectivity index is 1.30. The maximum absolute atomic E-state index is 14.4. The van der Waals surface area contributed by atoms with Crippen LogP contribution in [0.15, 0.2) is 90.0 Å². The van der Waals surface area contributed by atoms with E-state index in [1.807, 2.05) is 29.9 Å². The number of allylic oxidation sites excluding steroid dienone is 1. The lowest BCUT2D eigenvalue weighted by molar-refractivity contribution is -0.0909. The third-order valence-corrected chi connectivity index (χ3v) is 9.06. The van der Waals surface area contributed by atoms with Crippen LogP contribution in [0.5, 0.6) is 0 Å². The van der Waals surface area contributed by atoms with Crippen molar-refractivity contribution in [3.8, 4) is 0 Å². The highest BCUT2D eigenvalue weighted by atomic mass is 19.4. The maximum Gasteiger partial charge on any atom is 0.418 e. The lowest BCUT2D eigenvalue weighted by Crippen LogP contribution is -2.33. The van der Waals surface area contributed by atoms with Gasteiger partial charge in [0.1, 0.15) is 18.0 Å². The monoisotopic (exact) mass is 576 g/mol. The molecule has 1 saturated carbocycles. The van der Waals surface area contributed by atoms with Crippen LogP contribution in [-0.2, 0) is 7.05 Å². The molecule has 0 saturated heterocycles. The Bertz CT molecular complexity index is 1470. The molecule has 1 fully saturated rings. The van der Waals surface area contributed by atoms with E-state index in [4.69, 9.17) is 0 Å². The first-order valence-corrected chi connectivity index (χ1v) is 14.9. The van der Waals surface area contributed by atoms with E-state index in [1.165, 1.54) is 24.5 Å². The number of anilines is 1. The van der Waals surface area contributed by atoms with E-state index in [2.05, 4.69) is 53.7 Å². The fourth-order valence-corrected chi connectivity index (χ4v) is 7.02. The Morgan fingerprint density at radius 1 is 1.14 bits per heavy atom. The zero-order valence-electron chi connectivity index (χ0n) is 24.6. The normalized spacial score (nSPS) is 23.6. The first-order chi connectivity index (χ1) is 20.1. The fourth-order valence-electron chi connectivity index (χ4n) is 7.02. The molecule has 1 aliphatic carbocycles. The summed E-state index contributed by atoms with van der Waals surface area (Å²) in [6.07, 6.45) is 9.73. The standard InChI is InChI=1S/C33H39F3N6/c1-5-8-24-13-27(14-24)31(32-38-37-21-39(32)4)26-10-6-11-28(16-26)41-20-30-29(33(34,35)36)15-25(19-42(30)23(41)3)18-40-12-7-9-22(2)17-40/h6,9-11,15-16,19-21,24,27,31H,3,5,7-8,12-14,17-18H2,1-2,4H3. The number of benzene rings is 1. The average Bonchev–Trinajstić information content (AvgIpc) is 3.49. The van der Waals surface area contributed by atoms with Crippen molar-refractivity contribution < 1.29 is 13.2 Å². The highest BCUT2D eigenvalue weighted by molar-refractivity contribution is 5.64. The quantitative estimate of drug-likeness (QED) is 0.310. The Hall–Kier alpha value is -3.59. The van der Waals surface area contributed by atoms with E-state index >= 15 is 0 Å². The van der Waals surface area contributed by atoms with Crippen molar-refractivity contribution in [3.63, 3.8) is 0 Å². The van der Waals surface area contributed by atoms with Gasteiger partial charge in [0.05, 0.1) is 11.3 Å². The van der Waals surface area contributed by atoms with E-state index in [0.717, 1.165) is 55.3 Å². The highest BCUT2D eigenvalue weighted by Crippen LogP contribution is 2.49. The van der Waals surface area contributed by atoms with Crippen LogP contribution in [0.2, 0.25) is 0 Å². The molecule has 0 spiro atoms. The molecular formula is C33H39F3N6. The van der Waals surface area contributed by atoms with Gasteiger partial charge in [-0.1, -0.05) is 50.1 Å². The first kappa shape index (κ1) is 28.5. The van der Waals surface area contributed by atoms with Gasteiger partial charge >= 0.3 is 6.18 Å². The topological polar surface area (TPSA) is 40.4 Å². The molecule has 1 aromatic heterocycles. The molecule has 222 valence electrons. The Kier molecular flexibility index (Phi) is 7.64. The Labute approximate surface area is 246 Å². The van der Waals surface area contributed by atoms with Gasteiger partial charge < -0.3 is 14.4 Å². The predicted octanol–water partition coefficient (Wildman–Crippen LogP) is 7.25. The molecule has 6 rings (SSSR count). The van der Waals surface area contributed by atoms with Gasteiger partial charge in [0, 0.05) is 50.7 Å². The van der Waals surface area contributed by atoms with Crippen molar-refractivity contribution in [1.82, 2.24) is 24.6 Å². The minimum absolute atomic E-state index is 0.0656. The summed E-state index contributed by atoms with van der Waals surface area (Å²) in [4.78, 5) is 5.57. The molecule has 9 heteroatoms. The molecule has 1 unspecified atom stereocenters. The molecule has 4 heterocycles. The molecule has 2 aromatic rings. The molecule has 0 bridgehead atoms. The van der Waals surface area contributed by atoms with Crippen molar-refractivity contribution in [2.75, 3.05) is 24.5 Å².